The second kappa shape index (κ2) is 9.42. The van der Waals surface area contributed by atoms with Crippen molar-refractivity contribution < 1.29 is 9.84 Å². The van der Waals surface area contributed by atoms with E-state index < -0.39 is 5.60 Å². The van der Waals surface area contributed by atoms with Gasteiger partial charge in [-0.15, -0.1) is 24.0 Å². The molecule has 0 amide bonds. The number of ether oxygens (including phenoxy) is 1. The summed E-state index contributed by atoms with van der Waals surface area (Å²) < 4.78 is 5.43. The topological polar surface area (TPSA) is 57.1 Å². The maximum Gasteiger partial charge on any atom is 0.193 e. The highest BCUT2D eigenvalue weighted by Crippen LogP contribution is 2.27. The van der Waals surface area contributed by atoms with Crippen LogP contribution in [0.15, 0.2) is 4.99 Å². The maximum absolute atomic E-state index is 10.4. The molecule has 7 heteroatoms. The fourth-order valence-electron chi connectivity index (χ4n) is 2.61. The van der Waals surface area contributed by atoms with Crippen molar-refractivity contribution in [3.05, 3.63) is 0 Å². The lowest BCUT2D eigenvalue weighted by atomic mass is 10.0. The molecule has 2 unspecified atom stereocenters. The Balaban J connectivity index is 0.00000220. The zero-order valence-electron chi connectivity index (χ0n) is 13.0. The minimum Gasteiger partial charge on any atom is -0.387 e. The van der Waals surface area contributed by atoms with Crippen LogP contribution in [0.25, 0.3) is 0 Å². The van der Waals surface area contributed by atoms with Crippen LogP contribution in [0.5, 0.6) is 0 Å². The van der Waals surface area contributed by atoms with Gasteiger partial charge in [0.25, 0.3) is 0 Å². The zero-order chi connectivity index (χ0) is 14.4. The number of thioether (sulfide) groups is 1. The molecule has 2 N–H and O–H groups in total. The molecule has 0 aromatic rings. The number of nitrogens with zero attached hydrogens (tertiary/aromatic N) is 2. The number of hydrogen-bond donors (Lipinski definition) is 2. The highest BCUT2D eigenvalue weighted by molar-refractivity contribution is 14.0. The molecule has 2 fully saturated rings. The molecular formula is C14H28IN3O2S. The van der Waals surface area contributed by atoms with Gasteiger partial charge in [0, 0.05) is 38.4 Å². The quantitative estimate of drug-likeness (QED) is 0.393. The first-order valence-corrected chi connectivity index (χ1v) is 8.66. The number of rotatable bonds is 5. The normalized spacial score (nSPS) is 29.3. The molecular weight excluding hydrogens is 401 g/mol. The summed E-state index contributed by atoms with van der Waals surface area (Å²) in [5.74, 6) is 3.33. The first kappa shape index (κ1) is 19.3. The van der Waals surface area contributed by atoms with Crippen LogP contribution < -0.4 is 5.32 Å². The fourth-order valence-corrected chi connectivity index (χ4v) is 3.90. The van der Waals surface area contributed by atoms with Crippen molar-refractivity contribution in [1.82, 2.24) is 10.2 Å². The van der Waals surface area contributed by atoms with E-state index in [2.05, 4.69) is 29.2 Å². The molecule has 2 aliphatic heterocycles. The van der Waals surface area contributed by atoms with E-state index in [-0.39, 0.29) is 24.0 Å². The molecule has 2 saturated heterocycles. The Morgan fingerprint density at radius 2 is 2.38 bits per heavy atom. The van der Waals surface area contributed by atoms with Gasteiger partial charge in [-0.3, -0.25) is 4.99 Å². The Bertz CT molecular complexity index is 332. The lowest BCUT2D eigenvalue weighted by molar-refractivity contribution is 0.0776. The second-order valence-corrected chi connectivity index (χ2v) is 6.91. The molecule has 0 bridgehead atoms. The van der Waals surface area contributed by atoms with Crippen molar-refractivity contribution in [3.63, 3.8) is 0 Å². The van der Waals surface area contributed by atoms with Gasteiger partial charge in [-0.05, 0) is 25.5 Å². The predicted octanol–water partition coefficient (Wildman–Crippen LogP) is 1.41. The number of nitrogens with one attached hydrogen (secondary N) is 1. The molecule has 21 heavy (non-hydrogen) atoms. The number of halogens is 1. The molecule has 0 aliphatic carbocycles. The van der Waals surface area contributed by atoms with Gasteiger partial charge in [-0.2, -0.15) is 11.8 Å². The van der Waals surface area contributed by atoms with Gasteiger partial charge in [-0.25, -0.2) is 0 Å². The summed E-state index contributed by atoms with van der Waals surface area (Å²) in [6.07, 6.45) is 1.98. The van der Waals surface area contributed by atoms with Gasteiger partial charge in [0.05, 0.1) is 18.8 Å². The summed E-state index contributed by atoms with van der Waals surface area (Å²) in [4.78, 5) is 6.80. The summed E-state index contributed by atoms with van der Waals surface area (Å²) >= 11 is 1.81. The maximum atomic E-state index is 10.4. The van der Waals surface area contributed by atoms with Crippen LogP contribution in [0.1, 0.15) is 19.8 Å². The molecule has 0 spiro atoms. The third-order valence-corrected chi connectivity index (χ3v) is 5.09. The smallest absolute Gasteiger partial charge is 0.193 e. The van der Waals surface area contributed by atoms with Crippen molar-refractivity contribution in [2.75, 3.05) is 51.4 Å². The van der Waals surface area contributed by atoms with Gasteiger partial charge in [0.2, 0.25) is 0 Å². The van der Waals surface area contributed by atoms with E-state index in [4.69, 9.17) is 4.74 Å². The second-order valence-electron chi connectivity index (χ2n) is 5.81. The van der Waals surface area contributed by atoms with Crippen LogP contribution in [0.3, 0.4) is 0 Å². The van der Waals surface area contributed by atoms with E-state index in [1.165, 1.54) is 0 Å². The first-order chi connectivity index (χ1) is 9.63. The summed E-state index contributed by atoms with van der Waals surface area (Å²) in [5.41, 5.74) is -0.608. The largest absolute Gasteiger partial charge is 0.387 e. The highest BCUT2D eigenvalue weighted by atomic mass is 127. The molecule has 124 valence electrons. The van der Waals surface area contributed by atoms with Crippen molar-refractivity contribution in [2.45, 2.75) is 25.4 Å². The molecule has 2 aliphatic rings. The van der Waals surface area contributed by atoms with Gasteiger partial charge in [-0.1, -0.05) is 0 Å². The first-order valence-electron chi connectivity index (χ1n) is 7.50. The van der Waals surface area contributed by atoms with Crippen LogP contribution in [-0.4, -0.2) is 73.0 Å². The monoisotopic (exact) mass is 429 g/mol. The Hall–Kier alpha value is 0.270. The van der Waals surface area contributed by atoms with E-state index in [1.807, 2.05) is 11.8 Å². The molecule has 0 aromatic carbocycles. The van der Waals surface area contributed by atoms with E-state index in [9.17, 15) is 5.11 Å². The Morgan fingerprint density at radius 1 is 1.57 bits per heavy atom. The molecule has 2 atom stereocenters. The lowest BCUT2D eigenvalue weighted by Crippen LogP contribution is -2.43. The summed E-state index contributed by atoms with van der Waals surface area (Å²) in [5, 5.41) is 13.7. The van der Waals surface area contributed by atoms with E-state index >= 15 is 0 Å². The van der Waals surface area contributed by atoms with E-state index in [0.29, 0.717) is 12.5 Å². The lowest BCUT2D eigenvalue weighted by Gasteiger charge is -2.26. The number of aliphatic hydroxyl groups is 1. The van der Waals surface area contributed by atoms with E-state index in [0.717, 1.165) is 56.6 Å². The Labute approximate surface area is 149 Å². The minimum absolute atomic E-state index is 0. The van der Waals surface area contributed by atoms with E-state index in [1.54, 1.807) is 0 Å². The van der Waals surface area contributed by atoms with Gasteiger partial charge in [0.1, 0.15) is 0 Å². The number of hydrogen-bond acceptors (Lipinski definition) is 4. The molecule has 0 saturated carbocycles. The zero-order valence-corrected chi connectivity index (χ0v) is 16.2. The molecule has 5 nitrogen and oxygen atoms in total. The van der Waals surface area contributed by atoms with Crippen LogP contribution in [0.2, 0.25) is 0 Å². The third-order valence-electron chi connectivity index (χ3n) is 3.86. The van der Waals surface area contributed by atoms with Crippen LogP contribution in [-0.2, 0) is 4.74 Å². The van der Waals surface area contributed by atoms with Gasteiger partial charge in [0.15, 0.2) is 5.96 Å². The average molecular weight is 429 g/mol. The Kier molecular flexibility index (Phi) is 8.66. The predicted molar refractivity (Wildman–Crippen MR) is 99.8 cm³/mol. The van der Waals surface area contributed by atoms with Crippen molar-refractivity contribution in [1.29, 1.82) is 0 Å². The molecule has 2 heterocycles. The summed E-state index contributed by atoms with van der Waals surface area (Å²) in [7, 11) is 2.06. The molecule has 0 aromatic heterocycles. The Morgan fingerprint density at radius 3 is 2.95 bits per heavy atom. The van der Waals surface area contributed by atoms with Gasteiger partial charge < -0.3 is 20.1 Å². The van der Waals surface area contributed by atoms with Crippen LogP contribution >= 0.6 is 35.7 Å². The van der Waals surface area contributed by atoms with Crippen molar-refractivity contribution in [3.8, 4) is 0 Å². The summed E-state index contributed by atoms with van der Waals surface area (Å²) in [6, 6.07) is 0. The van der Waals surface area contributed by atoms with Crippen molar-refractivity contribution >= 4 is 41.7 Å². The highest BCUT2D eigenvalue weighted by Gasteiger charge is 2.31. The number of aliphatic imine (C=N–C) groups is 1. The van der Waals surface area contributed by atoms with Crippen molar-refractivity contribution in [2.24, 2.45) is 10.9 Å². The standard InChI is InChI=1S/C14H27N3O2S.HI/c1-3-15-13(16-10-14(18)5-7-20-11-14)17(2)8-12-4-6-19-9-12;/h12,18H,3-11H2,1-2H3,(H,15,16);1H. The summed E-state index contributed by atoms with van der Waals surface area (Å²) in [6.45, 7) is 6.10. The van der Waals surface area contributed by atoms with Crippen LogP contribution in [0.4, 0.5) is 0 Å². The minimum atomic E-state index is -0.608. The number of guanidine groups is 1. The third kappa shape index (κ3) is 6.11. The molecule has 2 rings (SSSR count). The van der Waals surface area contributed by atoms with Crippen LogP contribution in [0, 0.1) is 5.92 Å². The van der Waals surface area contributed by atoms with Gasteiger partial charge >= 0.3 is 0 Å². The molecule has 0 radical (unpaired) electrons. The fraction of sp³-hybridized carbons (Fsp3) is 0.929. The average Bonchev–Trinajstić information content (AvgIpc) is 3.06. The SMILES string of the molecule is CCNC(=NCC1(O)CCSC1)N(C)CC1CCOC1.I.